The molecule has 1 aromatic rings. The second kappa shape index (κ2) is 7.14. The Morgan fingerprint density at radius 2 is 2.15 bits per heavy atom. The molecule has 0 radical (unpaired) electrons. The average molecular weight is 279 g/mol. The van der Waals surface area contributed by atoms with Crippen molar-refractivity contribution < 1.29 is 19.0 Å². The van der Waals surface area contributed by atoms with Gasteiger partial charge < -0.3 is 19.1 Å². The van der Waals surface area contributed by atoms with E-state index in [0.717, 1.165) is 31.0 Å². The summed E-state index contributed by atoms with van der Waals surface area (Å²) in [5.74, 6) is 1.49. The first-order valence-electron chi connectivity index (χ1n) is 6.91. The zero-order chi connectivity index (χ0) is 14.4. The number of hydrogen-bond acceptors (Lipinski definition) is 5. The smallest absolute Gasteiger partial charge is 0.305 e. The summed E-state index contributed by atoms with van der Waals surface area (Å²) in [7, 11) is 2.04. The Balaban J connectivity index is 1.74. The standard InChI is InChI=1S/C15H21NO4/c1-3-18-15(17)5-4-8-16(2)10-12-6-7-13-14(9-12)20-11-19-13/h6-7,9H,3-5,8,10-11H2,1-2H3. The largest absolute Gasteiger partial charge is 0.466 e. The van der Waals surface area contributed by atoms with E-state index < -0.39 is 0 Å². The van der Waals surface area contributed by atoms with E-state index in [1.807, 2.05) is 32.2 Å². The molecule has 0 aliphatic carbocycles. The van der Waals surface area contributed by atoms with Gasteiger partial charge in [-0.3, -0.25) is 4.79 Å². The fraction of sp³-hybridized carbons (Fsp3) is 0.533. The molecule has 0 amide bonds. The molecule has 110 valence electrons. The van der Waals surface area contributed by atoms with Gasteiger partial charge in [0, 0.05) is 13.0 Å². The van der Waals surface area contributed by atoms with E-state index in [9.17, 15) is 4.79 Å². The van der Waals surface area contributed by atoms with Crippen LogP contribution in [-0.2, 0) is 16.1 Å². The summed E-state index contributed by atoms with van der Waals surface area (Å²) < 4.78 is 15.5. The molecular weight excluding hydrogens is 258 g/mol. The van der Waals surface area contributed by atoms with E-state index in [-0.39, 0.29) is 5.97 Å². The van der Waals surface area contributed by atoms with Gasteiger partial charge in [0.2, 0.25) is 6.79 Å². The van der Waals surface area contributed by atoms with E-state index in [4.69, 9.17) is 14.2 Å². The molecule has 2 rings (SSSR count). The molecule has 0 aromatic heterocycles. The van der Waals surface area contributed by atoms with Gasteiger partial charge in [-0.1, -0.05) is 6.07 Å². The fourth-order valence-electron chi connectivity index (χ4n) is 2.16. The molecule has 1 aliphatic rings. The number of hydrogen-bond donors (Lipinski definition) is 0. The van der Waals surface area contributed by atoms with Crippen LogP contribution in [0.5, 0.6) is 11.5 Å². The van der Waals surface area contributed by atoms with Crippen LogP contribution in [0.3, 0.4) is 0 Å². The number of benzene rings is 1. The third-order valence-corrected chi connectivity index (χ3v) is 3.12. The molecular formula is C15H21NO4. The maximum Gasteiger partial charge on any atom is 0.305 e. The summed E-state index contributed by atoms with van der Waals surface area (Å²) in [4.78, 5) is 13.4. The van der Waals surface area contributed by atoms with Crippen LogP contribution in [0.1, 0.15) is 25.3 Å². The Morgan fingerprint density at radius 1 is 1.35 bits per heavy atom. The van der Waals surface area contributed by atoms with Gasteiger partial charge in [-0.15, -0.1) is 0 Å². The van der Waals surface area contributed by atoms with Crippen molar-refractivity contribution in [1.29, 1.82) is 0 Å². The lowest BCUT2D eigenvalue weighted by atomic mass is 10.2. The lowest BCUT2D eigenvalue weighted by molar-refractivity contribution is -0.143. The molecule has 0 fully saturated rings. The average Bonchev–Trinajstić information content (AvgIpc) is 2.86. The SMILES string of the molecule is CCOC(=O)CCCN(C)Cc1ccc2c(c1)OCO2. The van der Waals surface area contributed by atoms with Crippen molar-refractivity contribution in [3.63, 3.8) is 0 Å². The third kappa shape index (κ3) is 4.13. The Morgan fingerprint density at radius 3 is 2.95 bits per heavy atom. The number of carbonyl (C=O) groups excluding carboxylic acids is 1. The monoisotopic (exact) mass is 279 g/mol. The molecule has 5 heteroatoms. The Labute approximate surface area is 119 Å². The molecule has 1 aliphatic heterocycles. The highest BCUT2D eigenvalue weighted by Gasteiger charge is 2.13. The third-order valence-electron chi connectivity index (χ3n) is 3.12. The zero-order valence-electron chi connectivity index (χ0n) is 12.1. The molecule has 20 heavy (non-hydrogen) atoms. The fourth-order valence-corrected chi connectivity index (χ4v) is 2.16. The minimum absolute atomic E-state index is 0.121. The lowest BCUT2D eigenvalue weighted by Gasteiger charge is -2.16. The van der Waals surface area contributed by atoms with Crippen LogP contribution in [0.25, 0.3) is 0 Å². The Bertz CT molecular complexity index is 461. The van der Waals surface area contributed by atoms with Crippen molar-refractivity contribution in [1.82, 2.24) is 4.90 Å². The van der Waals surface area contributed by atoms with Gasteiger partial charge in [-0.25, -0.2) is 0 Å². The molecule has 1 aromatic carbocycles. The first-order chi connectivity index (χ1) is 9.69. The van der Waals surface area contributed by atoms with E-state index >= 15 is 0 Å². The molecule has 1 heterocycles. The Hall–Kier alpha value is -1.75. The number of esters is 1. The van der Waals surface area contributed by atoms with Gasteiger partial charge in [-0.05, 0) is 44.6 Å². The van der Waals surface area contributed by atoms with Crippen LogP contribution in [-0.4, -0.2) is 37.9 Å². The molecule has 0 unspecified atom stereocenters. The number of rotatable bonds is 7. The topological polar surface area (TPSA) is 48.0 Å². The van der Waals surface area contributed by atoms with E-state index in [1.165, 1.54) is 5.56 Å². The summed E-state index contributed by atoms with van der Waals surface area (Å²) in [5.41, 5.74) is 1.17. The number of nitrogens with zero attached hydrogens (tertiary/aromatic N) is 1. The van der Waals surface area contributed by atoms with Crippen molar-refractivity contribution in [2.24, 2.45) is 0 Å². The highest BCUT2D eigenvalue weighted by Crippen LogP contribution is 2.32. The van der Waals surface area contributed by atoms with Crippen LogP contribution in [0.2, 0.25) is 0 Å². The lowest BCUT2D eigenvalue weighted by Crippen LogP contribution is -2.20. The molecule has 5 nitrogen and oxygen atoms in total. The van der Waals surface area contributed by atoms with Crippen LogP contribution in [0.4, 0.5) is 0 Å². The van der Waals surface area contributed by atoms with E-state index in [2.05, 4.69) is 4.90 Å². The molecule has 0 bridgehead atoms. The number of ether oxygens (including phenoxy) is 3. The van der Waals surface area contributed by atoms with E-state index in [0.29, 0.717) is 19.8 Å². The van der Waals surface area contributed by atoms with Crippen molar-refractivity contribution in [2.75, 3.05) is 27.0 Å². The van der Waals surface area contributed by atoms with E-state index in [1.54, 1.807) is 0 Å². The van der Waals surface area contributed by atoms with Crippen LogP contribution >= 0.6 is 0 Å². The van der Waals surface area contributed by atoms with Gasteiger partial charge in [0.05, 0.1) is 6.61 Å². The second-order valence-electron chi connectivity index (χ2n) is 4.83. The van der Waals surface area contributed by atoms with Gasteiger partial charge >= 0.3 is 5.97 Å². The zero-order valence-corrected chi connectivity index (χ0v) is 12.1. The molecule has 0 spiro atoms. The number of carbonyl (C=O) groups is 1. The van der Waals surface area contributed by atoms with Crippen molar-refractivity contribution in [2.45, 2.75) is 26.3 Å². The van der Waals surface area contributed by atoms with Crippen LogP contribution in [0, 0.1) is 0 Å². The summed E-state index contributed by atoms with van der Waals surface area (Å²) in [6, 6.07) is 5.98. The van der Waals surface area contributed by atoms with Gasteiger partial charge in [-0.2, -0.15) is 0 Å². The minimum atomic E-state index is -0.121. The number of fused-ring (bicyclic) bond motifs is 1. The molecule has 0 saturated heterocycles. The van der Waals surface area contributed by atoms with Gasteiger partial charge in [0.25, 0.3) is 0 Å². The van der Waals surface area contributed by atoms with Gasteiger partial charge in [0.1, 0.15) is 0 Å². The second-order valence-corrected chi connectivity index (χ2v) is 4.83. The Kier molecular flexibility index (Phi) is 5.24. The minimum Gasteiger partial charge on any atom is -0.466 e. The summed E-state index contributed by atoms with van der Waals surface area (Å²) in [5, 5.41) is 0. The first kappa shape index (κ1) is 14.7. The summed E-state index contributed by atoms with van der Waals surface area (Å²) in [6.07, 6.45) is 1.28. The van der Waals surface area contributed by atoms with Crippen LogP contribution in [0.15, 0.2) is 18.2 Å². The highest BCUT2D eigenvalue weighted by atomic mass is 16.7. The van der Waals surface area contributed by atoms with Crippen molar-refractivity contribution >= 4 is 5.97 Å². The maximum absolute atomic E-state index is 11.2. The van der Waals surface area contributed by atoms with Crippen molar-refractivity contribution in [3.05, 3.63) is 23.8 Å². The highest BCUT2D eigenvalue weighted by molar-refractivity contribution is 5.69. The normalized spacial score (nSPS) is 12.8. The van der Waals surface area contributed by atoms with Crippen LogP contribution < -0.4 is 9.47 Å². The molecule has 0 saturated carbocycles. The maximum atomic E-state index is 11.2. The summed E-state index contributed by atoms with van der Waals surface area (Å²) in [6.45, 7) is 4.25. The predicted octanol–water partition coefficient (Wildman–Crippen LogP) is 2.19. The first-order valence-corrected chi connectivity index (χ1v) is 6.91. The summed E-state index contributed by atoms with van der Waals surface area (Å²) >= 11 is 0. The van der Waals surface area contributed by atoms with Crippen molar-refractivity contribution in [3.8, 4) is 11.5 Å². The quantitative estimate of drug-likeness (QED) is 0.716. The molecule has 0 atom stereocenters. The molecule has 0 N–H and O–H groups in total. The van der Waals surface area contributed by atoms with Gasteiger partial charge in [0.15, 0.2) is 11.5 Å². The predicted molar refractivity (Wildman–Crippen MR) is 74.8 cm³/mol.